The number of rotatable bonds is 6. The van der Waals surface area contributed by atoms with Gasteiger partial charge in [-0.3, -0.25) is 9.79 Å². The first-order valence-corrected chi connectivity index (χ1v) is 9.54. The van der Waals surface area contributed by atoms with Crippen molar-refractivity contribution in [2.75, 3.05) is 12.4 Å². The third kappa shape index (κ3) is 5.98. The first-order chi connectivity index (χ1) is 12.2. The molecule has 0 spiro atoms. The largest absolute Gasteiger partial charge is 0.352 e. The number of guanidine groups is 1. The van der Waals surface area contributed by atoms with E-state index in [0.29, 0.717) is 6.54 Å². The molecule has 1 fully saturated rings. The molecule has 0 atom stereocenters. The number of halogens is 1. The number of thiophene rings is 1. The molecular formula is C19H25IN4OS. The SMILES string of the molecule is CN=C(NCc1ccsc1)NCc1cccc(NC(=O)C2CCC2)c1.I. The molecule has 0 aliphatic heterocycles. The molecule has 1 aromatic carbocycles. The van der Waals surface area contributed by atoms with E-state index in [9.17, 15) is 4.79 Å². The van der Waals surface area contributed by atoms with Crippen LogP contribution >= 0.6 is 35.3 Å². The summed E-state index contributed by atoms with van der Waals surface area (Å²) in [4.78, 5) is 16.3. The number of carbonyl (C=O) groups is 1. The van der Waals surface area contributed by atoms with E-state index in [4.69, 9.17) is 0 Å². The molecule has 1 amide bonds. The lowest BCUT2D eigenvalue weighted by Gasteiger charge is -2.24. The Bertz CT molecular complexity index is 729. The van der Waals surface area contributed by atoms with Gasteiger partial charge in [0.25, 0.3) is 0 Å². The summed E-state index contributed by atoms with van der Waals surface area (Å²) in [5.74, 6) is 1.10. The van der Waals surface area contributed by atoms with E-state index in [2.05, 4.69) is 37.8 Å². The van der Waals surface area contributed by atoms with Gasteiger partial charge in [0.15, 0.2) is 5.96 Å². The summed E-state index contributed by atoms with van der Waals surface area (Å²) in [6.45, 7) is 1.40. The predicted molar refractivity (Wildman–Crippen MR) is 119 cm³/mol. The third-order valence-electron chi connectivity index (χ3n) is 4.39. The fourth-order valence-corrected chi connectivity index (χ4v) is 3.33. The number of anilines is 1. The second-order valence-electron chi connectivity index (χ2n) is 6.23. The van der Waals surface area contributed by atoms with Crippen LogP contribution in [-0.4, -0.2) is 18.9 Å². The van der Waals surface area contributed by atoms with Crippen LogP contribution < -0.4 is 16.0 Å². The van der Waals surface area contributed by atoms with Crippen molar-refractivity contribution >= 4 is 52.9 Å². The first-order valence-electron chi connectivity index (χ1n) is 8.60. The summed E-state index contributed by atoms with van der Waals surface area (Å²) < 4.78 is 0. The maximum absolute atomic E-state index is 12.1. The number of hydrogen-bond donors (Lipinski definition) is 3. The maximum Gasteiger partial charge on any atom is 0.227 e. The van der Waals surface area contributed by atoms with E-state index in [0.717, 1.165) is 36.6 Å². The lowest BCUT2D eigenvalue weighted by atomic mass is 9.85. The molecule has 140 valence electrons. The van der Waals surface area contributed by atoms with Gasteiger partial charge in [-0.2, -0.15) is 11.3 Å². The molecule has 7 heteroatoms. The molecular weight excluding hydrogens is 459 g/mol. The molecule has 1 aliphatic carbocycles. The zero-order valence-corrected chi connectivity index (χ0v) is 18.0. The van der Waals surface area contributed by atoms with E-state index < -0.39 is 0 Å². The molecule has 0 radical (unpaired) electrons. The molecule has 3 N–H and O–H groups in total. The molecule has 1 aliphatic rings. The van der Waals surface area contributed by atoms with Gasteiger partial charge in [0.2, 0.25) is 5.91 Å². The second kappa shape index (κ2) is 10.5. The third-order valence-corrected chi connectivity index (χ3v) is 5.13. The molecule has 5 nitrogen and oxygen atoms in total. The van der Waals surface area contributed by atoms with E-state index in [1.807, 2.05) is 24.3 Å². The van der Waals surface area contributed by atoms with Gasteiger partial charge in [0.1, 0.15) is 0 Å². The Morgan fingerprint density at radius 2 is 1.96 bits per heavy atom. The quantitative estimate of drug-likeness (QED) is 0.330. The van der Waals surface area contributed by atoms with E-state index >= 15 is 0 Å². The van der Waals surface area contributed by atoms with Crippen LogP contribution in [0.15, 0.2) is 46.1 Å². The molecule has 3 rings (SSSR count). The summed E-state index contributed by atoms with van der Waals surface area (Å²) >= 11 is 1.69. The highest BCUT2D eigenvalue weighted by Crippen LogP contribution is 2.27. The highest BCUT2D eigenvalue weighted by atomic mass is 127. The minimum atomic E-state index is 0. The monoisotopic (exact) mass is 484 g/mol. The van der Waals surface area contributed by atoms with Crippen molar-refractivity contribution < 1.29 is 4.79 Å². The molecule has 0 unspecified atom stereocenters. The van der Waals surface area contributed by atoms with Gasteiger partial charge in [0.05, 0.1) is 0 Å². The van der Waals surface area contributed by atoms with Gasteiger partial charge in [-0.15, -0.1) is 24.0 Å². The smallest absolute Gasteiger partial charge is 0.227 e. The standard InChI is InChI=1S/C19H24N4OS.HI/c1-20-19(22-12-15-8-9-25-13-15)21-11-14-4-2-7-17(10-14)23-18(24)16-5-3-6-16;/h2,4,7-10,13,16H,3,5-6,11-12H2,1H3,(H,23,24)(H2,20,21,22);1H. The number of carbonyl (C=O) groups excluding carboxylic acids is 1. The van der Waals surface area contributed by atoms with Gasteiger partial charge in [-0.1, -0.05) is 18.6 Å². The molecule has 0 saturated heterocycles. The number of hydrogen-bond acceptors (Lipinski definition) is 3. The number of aliphatic imine (C=N–C) groups is 1. The highest BCUT2D eigenvalue weighted by Gasteiger charge is 2.25. The van der Waals surface area contributed by atoms with Crippen LogP contribution in [0, 0.1) is 5.92 Å². The summed E-state index contributed by atoms with van der Waals surface area (Å²) in [6.07, 6.45) is 3.19. The summed E-state index contributed by atoms with van der Waals surface area (Å²) in [6, 6.07) is 10.0. The molecule has 1 aromatic heterocycles. The Hall–Kier alpha value is -1.61. The van der Waals surface area contributed by atoms with Gasteiger partial charge in [-0.25, -0.2) is 0 Å². The average molecular weight is 484 g/mol. The van der Waals surface area contributed by atoms with Crippen molar-refractivity contribution in [3.8, 4) is 0 Å². The van der Waals surface area contributed by atoms with Gasteiger partial charge < -0.3 is 16.0 Å². The number of benzene rings is 1. The van der Waals surface area contributed by atoms with Crippen molar-refractivity contribution in [1.82, 2.24) is 10.6 Å². The molecule has 1 heterocycles. The van der Waals surface area contributed by atoms with Crippen LogP contribution in [0.5, 0.6) is 0 Å². The van der Waals surface area contributed by atoms with E-state index in [1.165, 1.54) is 12.0 Å². The minimum absolute atomic E-state index is 0. The van der Waals surface area contributed by atoms with Gasteiger partial charge in [-0.05, 0) is 52.9 Å². The second-order valence-corrected chi connectivity index (χ2v) is 7.01. The summed E-state index contributed by atoms with van der Waals surface area (Å²) in [5.41, 5.74) is 3.20. The number of amides is 1. The Morgan fingerprint density at radius 1 is 1.19 bits per heavy atom. The van der Waals surface area contributed by atoms with Crippen LogP contribution in [-0.2, 0) is 17.9 Å². The minimum Gasteiger partial charge on any atom is -0.352 e. The number of nitrogens with one attached hydrogen (secondary N) is 3. The zero-order chi connectivity index (χ0) is 17.5. The van der Waals surface area contributed by atoms with Crippen LogP contribution in [0.4, 0.5) is 5.69 Å². The van der Waals surface area contributed by atoms with Crippen LogP contribution in [0.2, 0.25) is 0 Å². The lowest BCUT2D eigenvalue weighted by molar-refractivity contribution is -0.122. The highest BCUT2D eigenvalue weighted by molar-refractivity contribution is 14.0. The fraction of sp³-hybridized carbons (Fsp3) is 0.368. The normalized spacial score (nSPS) is 14.1. The van der Waals surface area contributed by atoms with Gasteiger partial charge in [0, 0.05) is 31.7 Å². The van der Waals surface area contributed by atoms with Crippen LogP contribution in [0.3, 0.4) is 0 Å². The van der Waals surface area contributed by atoms with Crippen molar-refractivity contribution in [1.29, 1.82) is 0 Å². The Balaban J connectivity index is 0.00000243. The Morgan fingerprint density at radius 3 is 2.58 bits per heavy atom. The first kappa shape index (κ1) is 20.7. The predicted octanol–water partition coefficient (Wildman–Crippen LogP) is 3.97. The number of nitrogens with zero attached hydrogens (tertiary/aromatic N) is 1. The van der Waals surface area contributed by atoms with Crippen LogP contribution in [0.25, 0.3) is 0 Å². The van der Waals surface area contributed by atoms with Crippen molar-refractivity contribution in [2.45, 2.75) is 32.4 Å². The Labute approximate surface area is 175 Å². The maximum atomic E-state index is 12.1. The van der Waals surface area contributed by atoms with E-state index in [-0.39, 0.29) is 35.8 Å². The van der Waals surface area contributed by atoms with Crippen molar-refractivity contribution in [2.24, 2.45) is 10.9 Å². The van der Waals surface area contributed by atoms with Gasteiger partial charge >= 0.3 is 0 Å². The zero-order valence-electron chi connectivity index (χ0n) is 14.8. The lowest BCUT2D eigenvalue weighted by Crippen LogP contribution is -2.36. The van der Waals surface area contributed by atoms with Crippen molar-refractivity contribution in [3.05, 3.63) is 52.2 Å². The summed E-state index contributed by atoms with van der Waals surface area (Å²) in [7, 11) is 1.76. The molecule has 0 bridgehead atoms. The van der Waals surface area contributed by atoms with E-state index in [1.54, 1.807) is 18.4 Å². The topological polar surface area (TPSA) is 65.5 Å². The Kier molecular flexibility index (Phi) is 8.37. The summed E-state index contributed by atoms with van der Waals surface area (Å²) in [5, 5.41) is 13.8. The molecule has 2 aromatic rings. The molecule has 26 heavy (non-hydrogen) atoms. The van der Waals surface area contributed by atoms with Crippen LogP contribution in [0.1, 0.15) is 30.4 Å². The fourth-order valence-electron chi connectivity index (χ4n) is 2.66. The molecule has 1 saturated carbocycles. The van der Waals surface area contributed by atoms with Crippen molar-refractivity contribution in [3.63, 3.8) is 0 Å². The average Bonchev–Trinajstić information content (AvgIpc) is 3.07.